The minimum atomic E-state index is -4.35. The summed E-state index contributed by atoms with van der Waals surface area (Å²) in [6.07, 6.45) is -0.371. The molecule has 0 spiro atoms. The molecule has 0 aromatic heterocycles. The van der Waals surface area contributed by atoms with Gasteiger partial charge in [-0.2, -0.15) is 25.3 Å². The smallest absolute Gasteiger partial charge is 0.265 e. The van der Waals surface area contributed by atoms with Crippen LogP contribution in [0.2, 0.25) is 0 Å². The molecule has 9 nitrogen and oxygen atoms in total. The van der Waals surface area contributed by atoms with Crippen LogP contribution in [0.15, 0.2) is 0 Å². The van der Waals surface area contributed by atoms with Crippen molar-refractivity contribution in [1.29, 1.82) is 0 Å². The summed E-state index contributed by atoms with van der Waals surface area (Å²) in [5, 5.41) is 0. The SMILES string of the molecule is O=S(=O)(O)CCC[C@@H](CCS(=O)(=O)O)CS(=O)(=O)O. The van der Waals surface area contributed by atoms with Crippen LogP contribution in [0.1, 0.15) is 19.3 Å². The molecule has 1 atom stereocenters. The first kappa shape index (κ1) is 18.7. The van der Waals surface area contributed by atoms with Crippen LogP contribution in [-0.4, -0.2) is 56.2 Å². The highest BCUT2D eigenvalue weighted by molar-refractivity contribution is 7.86. The van der Waals surface area contributed by atoms with Crippen LogP contribution in [0.3, 0.4) is 0 Å². The molecule has 0 aliphatic rings. The third kappa shape index (κ3) is 14.0. The van der Waals surface area contributed by atoms with E-state index >= 15 is 0 Å². The van der Waals surface area contributed by atoms with E-state index in [1.165, 1.54) is 0 Å². The lowest BCUT2D eigenvalue weighted by molar-refractivity contribution is 0.432. The molecule has 19 heavy (non-hydrogen) atoms. The van der Waals surface area contributed by atoms with Crippen LogP contribution >= 0.6 is 0 Å². The molecule has 0 bridgehead atoms. The summed E-state index contributed by atoms with van der Waals surface area (Å²) in [4.78, 5) is 0. The monoisotopic (exact) mass is 340 g/mol. The van der Waals surface area contributed by atoms with Crippen LogP contribution in [-0.2, 0) is 30.4 Å². The molecule has 12 heteroatoms. The number of hydrogen-bond acceptors (Lipinski definition) is 6. The van der Waals surface area contributed by atoms with E-state index in [-0.39, 0.29) is 19.3 Å². The average molecular weight is 340 g/mol. The topological polar surface area (TPSA) is 163 Å². The van der Waals surface area contributed by atoms with E-state index in [1.54, 1.807) is 0 Å². The molecule has 0 aromatic rings. The Kier molecular flexibility index (Phi) is 6.85. The maximum Gasteiger partial charge on any atom is 0.265 e. The summed E-state index contributed by atoms with van der Waals surface area (Å²) in [6.45, 7) is 0. The van der Waals surface area contributed by atoms with Crippen molar-refractivity contribution in [1.82, 2.24) is 0 Å². The zero-order valence-corrected chi connectivity index (χ0v) is 12.3. The summed E-state index contributed by atoms with van der Waals surface area (Å²) < 4.78 is 89.1. The van der Waals surface area contributed by atoms with E-state index in [9.17, 15) is 25.3 Å². The predicted octanol–water partition coefficient (Wildman–Crippen LogP) is -0.564. The molecule has 0 aliphatic heterocycles. The lowest BCUT2D eigenvalue weighted by Gasteiger charge is -2.13. The van der Waals surface area contributed by atoms with Crippen LogP contribution in [0.5, 0.6) is 0 Å². The fraction of sp³-hybridized carbons (Fsp3) is 1.00. The van der Waals surface area contributed by atoms with Gasteiger partial charge in [0, 0.05) is 0 Å². The van der Waals surface area contributed by atoms with Crippen LogP contribution in [0, 0.1) is 5.92 Å². The van der Waals surface area contributed by atoms with Crippen LogP contribution in [0.25, 0.3) is 0 Å². The molecule has 0 aliphatic carbocycles. The minimum Gasteiger partial charge on any atom is -0.286 e. The van der Waals surface area contributed by atoms with Crippen molar-refractivity contribution in [2.75, 3.05) is 17.3 Å². The lowest BCUT2D eigenvalue weighted by atomic mass is 10.0. The zero-order valence-electron chi connectivity index (χ0n) is 9.84. The Labute approximate surface area is 112 Å². The van der Waals surface area contributed by atoms with E-state index < -0.39 is 53.5 Å². The third-order valence-electron chi connectivity index (χ3n) is 2.25. The van der Waals surface area contributed by atoms with Gasteiger partial charge < -0.3 is 0 Å². The standard InChI is InChI=1S/C7H16O9S3/c8-17(9,10)4-1-2-7(6-19(14,15)16)3-5-18(11,12)13/h7H,1-6H2,(H,8,9,10)(H,11,12,13)(H,14,15,16)/t7-/m0/s1. The molecule has 116 valence electrons. The number of hydrogen-bond donors (Lipinski definition) is 3. The Morgan fingerprint density at radius 2 is 1.16 bits per heavy atom. The van der Waals surface area contributed by atoms with E-state index in [4.69, 9.17) is 13.7 Å². The second-order valence-corrected chi connectivity index (χ2v) is 8.76. The van der Waals surface area contributed by atoms with Gasteiger partial charge in [-0.3, -0.25) is 13.7 Å². The first-order chi connectivity index (χ1) is 8.29. The van der Waals surface area contributed by atoms with Crippen molar-refractivity contribution >= 4 is 30.4 Å². The van der Waals surface area contributed by atoms with E-state index in [0.29, 0.717) is 0 Å². The average Bonchev–Trinajstić information content (AvgIpc) is 2.08. The molecule has 0 unspecified atom stereocenters. The van der Waals surface area contributed by atoms with Crippen molar-refractivity contribution in [3.63, 3.8) is 0 Å². The molecule has 3 N–H and O–H groups in total. The van der Waals surface area contributed by atoms with Gasteiger partial charge in [-0.1, -0.05) is 0 Å². The molecule has 0 fully saturated rings. The molecular weight excluding hydrogens is 324 g/mol. The van der Waals surface area contributed by atoms with E-state index in [2.05, 4.69) is 0 Å². The van der Waals surface area contributed by atoms with Gasteiger partial charge in [-0.15, -0.1) is 0 Å². The summed E-state index contributed by atoms with van der Waals surface area (Å²) in [7, 11) is -12.8. The summed E-state index contributed by atoms with van der Waals surface area (Å²) >= 11 is 0. The van der Waals surface area contributed by atoms with Gasteiger partial charge in [-0.05, 0) is 25.2 Å². The highest BCUT2D eigenvalue weighted by Gasteiger charge is 2.20. The Hall–Kier alpha value is -0.270. The molecule has 0 saturated heterocycles. The maximum absolute atomic E-state index is 10.7. The minimum absolute atomic E-state index is 0.0326. The quantitative estimate of drug-likeness (QED) is 0.466. The van der Waals surface area contributed by atoms with E-state index in [0.717, 1.165) is 0 Å². The predicted molar refractivity (Wildman–Crippen MR) is 66.6 cm³/mol. The summed E-state index contributed by atoms with van der Waals surface area (Å²) in [5.74, 6) is -2.87. The van der Waals surface area contributed by atoms with Gasteiger partial charge in [0.2, 0.25) is 0 Å². The van der Waals surface area contributed by atoms with E-state index in [1.807, 2.05) is 0 Å². The van der Waals surface area contributed by atoms with Crippen molar-refractivity contribution in [3.05, 3.63) is 0 Å². The molecule has 0 heterocycles. The van der Waals surface area contributed by atoms with Gasteiger partial charge in [0.25, 0.3) is 30.4 Å². The lowest BCUT2D eigenvalue weighted by Crippen LogP contribution is -2.20. The second kappa shape index (κ2) is 6.95. The zero-order chi connectivity index (χ0) is 15.3. The van der Waals surface area contributed by atoms with Gasteiger partial charge in [0.1, 0.15) is 0 Å². The third-order valence-corrected chi connectivity index (χ3v) is 4.69. The molecule has 0 saturated carbocycles. The van der Waals surface area contributed by atoms with Crippen LogP contribution in [0.4, 0.5) is 0 Å². The normalized spacial score (nSPS) is 15.3. The van der Waals surface area contributed by atoms with Crippen molar-refractivity contribution in [3.8, 4) is 0 Å². The van der Waals surface area contributed by atoms with Crippen molar-refractivity contribution in [2.45, 2.75) is 19.3 Å². The number of rotatable bonds is 9. The largest absolute Gasteiger partial charge is 0.286 e. The molecule has 0 radical (unpaired) electrons. The Morgan fingerprint density at radius 3 is 1.53 bits per heavy atom. The second-order valence-electron chi connectivity index (χ2n) is 4.12. The highest BCUT2D eigenvalue weighted by atomic mass is 32.2. The Balaban J connectivity index is 4.51. The van der Waals surface area contributed by atoms with Gasteiger partial charge >= 0.3 is 0 Å². The summed E-state index contributed by atoms with van der Waals surface area (Å²) in [6, 6.07) is 0. The van der Waals surface area contributed by atoms with Crippen molar-refractivity contribution < 1.29 is 38.9 Å². The Morgan fingerprint density at radius 1 is 0.684 bits per heavy atom. The maximum atomic E-state index is 10.7. The molecule has 0 amide bonds. The first-order valence-corrected chi connectivity index (χ1v) is 9.97. The van der Waals surface area contributed by atoms with Gasteiger partial charge in [0.15, 0.2) is 0 Å². The summed E-state index contributed by atoms with van der Waals surface area (Å²) in [5.41, 5.74) is 0. The fourth-order valence-electron chi connectivity index (χ4n) is 1.48. The molecular formula is C7H16O9S3. The van der Waals surface area contributed by atoms with Crippen molar-refractivity contribution in [2.24, 2.45) is 5.92 Å². The highest BCUT2D eigenvalue weighted by Crippen LogP contribution is 2.15. The van der Waals surface area contributed by atoms with Gasteiger partial charge in [0.05, 0.1) is 17.3 Å². The fourth-order valence-corrected chi connectivity index (χ4v) is 3.57. The molecule has 0 rings (SSSR count). The first-order valence-electron chi connectivity index (χ1n) is 5.14. The molecule has 0 aromatic carbocycles. The Bertz CT molecular complexity index is 571. The van der Waals surface area contributed by atoms with Gasteiger partial charge in [-0.25, -0.2) is 0 Å². The van der Waals surface area contributed by atoms with Crippen LogP contribution < -0.4 is 0 Å².